The molecule has 0 bridgehead atoms. The summed E-state index contributed by atoms with van der Waals surface area (Å²) in [6, 6.07) is 5.23. The molecule has 0 aliphatic heterocycles. The summed E-state index contributed by atoms with van der Waals surface area (Å²) in [7, 11) is 3.23. The molecule has 6 heteroatoms. The molecule has 2 rings (SSSR count). The number of nitrogens with two attached hydrogens (primary N) is 1. The largest absolute Gasteiger partial charge is 0.497 e. The quantitative estimate of drug-likeness (QED) is 0.893. The summed E-state index contributed by atoms with van der Waals surface area (Å²) in [5, 5.41) is 3.78. The minimum absolute atomic E-state index is 0.306. The lowest BCUT2D eigenvalue weighted by atomic mass is 10.1. The number of nitrogens with zero attached hydrogens (tertiary/aromatic N) is 2. The zero-order valence-corrected chi connectivity index (χ0v) is 10.4. The Bertz CT molecular complexity index is 487. The molecule has 0 saturated carbocycles. The fourth-order valence-electron chi connectivity index (χ4n) is 1.55. The Kier molecular flexibility index (Phi) is 3.55. The molecule has 90 valence electrons. The second kappa shape index (κ2) is 5.11. The Hall–Kier alpha value is -1.66. The van der Waals surface area contributed by atoms with Gasteiger partial charge in [0.2, 0.25) is 0 Å². The lowest BCUT2D eigenvalue weighted by molar-refractivity contribution is 0.397. The van der Waals surface area contributed by atoms with Gasteiger partial charge < -0.3 is 15.2 Å². The van der Waals surface area contributed by atoms with Gasteiger partial charge in [-0.3, -0.25) is 0 Å². The van der Waals surface area contributed by atoms with E-state index in [1.807, 2.05) is 18.2 Å². The highest BCUT2D eigenvalue weighted by molar-refractivity contribution is 7.05. The Morgan fingerprint density at radius 2 is 2.12 bits per heavy atom. The van der Waals surface area contributed by atoms with E-state index in [4.69, 9.17) is 15.2 Å². The van der Waals surface area contributed by atoms with Crippen molar-refractivity contribution in [1.29, 1.82) is 0 Å². The van der Waals surface area contributed by atoms with Gasteiger partial charge in [-0.2, -0.15) is 0 Å². The zero-order valence-electron chi connectivity index (χ0n) is 9.58. The molecule has 0 amide bonds. The average Bonchev–Trinajstić information content (AvgIpc) is 2.91. The van der Waals surface area contributed by atoms with Crippen LogP contribution in [0.15, 0.2) is 24.4 Å². The van der Waals surface area contributed by atoms with Crippen molar-refractivity contribution in [1.82, 2.24) is 9.59 Å². The van der Waals surface area contributed by atoms with E-state index >= 15 is 0 Å². The molecule has 1 heterocycles. The molecule has 5 nitrogen and oxygen atoms in total. The number of rotatable bonds is 4. The fraction of sp³-hybridized carbons (Fsp3) is 0.273. The normalized spacial score (nSPS) is 12.2. The van der Waals surface area contributed by atoms with Crippen LogP contribution < -0.4 is 15.2 Å². The molecule has 1 unspecified atom stereocenters. The van der Waals surface area contributed by atoms with Crippen LogP contribution in [0.1, 0.15) is 16.5 Å². The van der Waals surface area contributed by atoms with Gasteiger partial charge in [-0.15, -0.1) is 5.10 Å². The number of aromatic nitrogens is 2. The van der Waals surface area contributed by atoms with E-state index in [0.29, 0.717) is 0 Å². The first-order valence-electron chi connectivity index (χ1n) is 5.01. The SMILES string of the molecule is COc1ccc(OC)c(C(N)c2cnns2)c1. The first kappa shape index (κ1) is 11.8. The third-order valence-corrected chi connectivity index (χ3v) is 3.20. The number of hydrogen-bond donors (Lipinski definition) is 1. The molecule has 0 radical (unpaired) electrons. The van der Waals surface area contributed by atoms with Crippen LogP contribution in [0.5, 0.6) is 11.5 Å². The molecule has 1 aromatic heterocycles. The van der Waals surface area contributed by atoms with Crippen LogP contribution in [0.25, 0.3) is 0 Å². The van der Waals surface area contributed by atoms with E-state index in [1.165, 1.54) is 11.5 Å². The standard InChI is InChI=1S/C11H13N3O2S/c1-15-7-3-4-9(16-2)8(5-7)11(12)10-6-13-14-17-10/h3-6,11H,12H2,1-2H3. The molecular formula is C11H13N3O2S. The topological polar surface area (TPSA) is 70.3 Å². The Morgan fingerprint density at radius 1 is 1.29 bits per heavy atom. The van der Waals surface area contributed by atoms with E-state index in [1.54, 1.807) is 20.4 Å². The summed E-state index contributed by atoms with van der Waals surface area (Å²) >= 11 is 1.28. The third kappa shape index (κ3) is 2.37. The van der Waals surface area contributed by atoms with E-state index in [2.05, 4.69) is 9.59 Å². The van der Waals surface area contributed by atoms with Gasteiger partial charge in [0.25, 0.3) is 0 Å². The number of benzene rings is 1. The molecular weight excluding hydrogens is 238 g/mol. The van der Waals surface area contributed by atoms with Crippen LogP contribution in [-0.4, -0.2) is 23.8 Å². The molecule has 0 saturated heterocycles. The predicted octanol–water partition coefficient (Wildman–Crippen LogP) is 1.60. The monoisotopic (exact) mass is 251 g/mol. The number of ether oxygens (including phenoxy) is 2. The maximum Gasteiger partial charge on any atom is 0.124 e. The van der Waals surface area contributed by atoms with Gasteiger partial charge in [-0.05, 0) is 29.7 Å². The number of methoxy groups -OCH3 is 2. The van der Waals surface area contributed by atoms with Crippen LogP contribution in [0.4, 0.5) is 0 Å². The zero-order chi connectivity index (χ0) is 12.3. The van der Waals surface area contributed by atoms with E-state index in [0.717, 1.165) is 21.9 Å². The Labute approximate surface area is 103 Å². The number of hydrogen-bond acceptors (Lipinski definition) is 6. The summed E-state index contributed by atoms with van der Waals surface area (Å²) in [6.07, 6.45) is 1.66. The fourth-order valence-corrected chi connectivity index (χ4v) is 2.07. The summed E-state index contributed by atoms with van der Waals surface area (Å²) in [4.78, 5) is 0.886. The van der Waals surface area contributed by atoms with Crippen LogP contribution in [0.2, 0.25) is 0 Å². The van der Waals surface area contributed by atoms with Gasteiger partial charge in [0.1, 0.15) is 11.5 Å². The average molecular weight is 251 g/mol. The summed E-state index contributed by atoms with van der Waals surface area (Å²) < 4.78 is 14.3. The second-order valence-electron chi connectivity index (χ2n) is 3.41. The van der Waals surface area contributed by atoms with Gasteiger partial charge in [-0.25, -0.2) is 0 Å². The van der Waals surface area contributed by atoms with Crippen molar-refractivity contribution < 1.29 is 9.47 Å². The second-order valence-corrected chi connectivity index (χ2v) is 4.22. The maximum atomic E-state index is 6.16. The van der Waals surface area contributed by atoms with Crippen LogP contribution in [0.3, 0.4) is 0 Å². The highest BCUT2D eigenvalue weighted by Crippen LogP contribution is 2.32. The highest BCUT2D eigenvalue weighted by Gasteiger charge is 2.17. The Balaban J connectivity index is 2.41. The summed E-state index contributed by atoms with van der Waals surface area (Å²) in [5.41, 5.74) is 7.01. The lowest BCUT2D eigenvalue weighted by Crippen LogP contribution is -2.11. The van der Waals surface area contributed by atoms with Crippen molar-refractivity contribution in [2.45, 2.75) is 6.04 Å². The smallest absolute Gasteiger partial charge is 0.124 e. The molecule has 17 heavy (non-hydrogen) atoms. The minimum atomic E-state index is -0.306. The molecule has 2 N–H and O–H groups in total. The van der Waals surface area contributed by atoms with Crippen molar-refractivity contribution in [3.05, 3.63) is 34.8 Å². The Morgan fingerprint density at radius 3 is 2.71 bits per heavy atom. The van der Waals surface area contributed by atoms with Gasteiger partial charge in [0.05, 0.1) is 31.3 Å². The van der Waals surface area contributed by atoms with Crippen molar-refractivity contribution in [2.24, 2.45) is 5.73 Å². The van der Waals surface area contributed by atoms with E-state index in [9.17, 15) is 0 Å². The minimum Gasteiger partial charge on any atom is -0.497 e. The van der Waals surface area contributed by atoms with E-state index < -0.39 is 0 Å². The highest BCUT2D eigenvalue weighted by atomic mass is 32.1. The molecule has 2 aromatic rings. The maximum absolute atomic E-state index is 6.16. The first-order chi connectivity index (χ1) is 8.26. The molecule has 0 fully saturated rings. The van der Waals surface area contributed by atoms with Gasteiger partial charge in [-0.1, -0.05) is 4.49 Å². The molecule has 1 atom stereocenters. The molecule has 0 aliphatic rings. The predicted molar refractivity (Wildman–Crippen MR) is 65.5 cm³/mol. The van der Waals surface area contributed by atoms with Crippen LogP contribution in [0, 0.1) is 0 Å². The summed E-state index contributed by atoms with van der Waals surface area (Å²) in [5.74, 6) is 1.47. The molecule has 0 aliphatic carbocycles. The van der Waals surface area contributed by atoms with Crippen molar-refractivity contribution >= 4 is 11.5 Å². The van der Waals surface area contributed by atoms with Crippen molar-refractivity contribution in [2.75, 3.05) is 14.2 Å². The first-order valence-corrected chi connectivity index (χ1v) is 5.78. The lowest BCUT2D eigenvalue weighted by Gasteiger charge is -2.14. The van der Waals surface area contributed by atoms with Gasteiger partial charge in [0, 0.05) is 5.56 Å². The molecule has 1 aromatic carbocycles. The van der Waals surface area contributed by atoms with Gasteiger partial charge >= 0.3 is 0 Å². The van der Waals surface area contributed by atoms with Crippen molar-refractivity contribution in [3.8, 4) is 11.5 Å². The van der Waals surface area contributed by atoms with Crippen molar-refractivity contribution in [3.63, 3.8) is 0 Å². The van der Waals surface area contributed by atoms with Gasteiger partial charge in [0.15, 0.2) is 0 Å². The van der Waals surface area contributed by atoms with Crippen LogP contribution >= 0.6 is 11.5 Å². The van der Waals surface area contributed by atoms with E-state index in [-0.39, 0.29) is 6.04 Å². The molecule has 0 spiro atoms. The van der Waals surface area contributed by atoms with Crippen LogP contribution in [-0.2, 0) is 0 Å². The summed E-state index contributed by atoms with van der Waals surface area (Å²) in [6.45, 7) is 0. The third-order valence-electron chi connectivity index (χ3n) is 2.46.